The van der Waals surface area contributed by atoms with Gasteiger partial charge in [-0.3, -0.25) is 0 Å². The van der Waals surface area contributed by atoms with Gasteiger partial charge in [0.15, 0.2) is 0 Å². The van der Waals surface area contributed by atoms with Gasteiger partial charge in [-0.05, 0) is 17.1 Å². The summed E-state index contributed by atoms with van der Waals surface area (Å²) >= 11 is 0. The van der Waals surface area contributed by atoms with Crippen LogP contribution in [0.25, 0.3) is 5.57 Å². The van der Waals surface area contributed by atoms with Crippen molar-refractivity contribution in [3.8, 4) is 0 Å². The minimum absolute atomic E-state index is 0.0578. The summed E-state index contributed by atoms with van der Waals surface area (Å²) in [5.41, 5.74) is 8.16. The van der Waals surface area contributed by atoms with E-state index in [1.807, 2.05) is 30.3 Å². The molecule has 70 valence electrons. The molecule has 0 aromatic heterocycles. The predicted molar refractivity (Wildman–Crippen MR) is 58.3 cm³/mol. The molecule has 0 heterocycles. The summed E-state index contributed by atoms with van der Waals surface area (Å²) in [6.45, 7) is 8.24. The van der Waals surface area contributed by atoms with E-state index in [1.165, 1.54) is 0 Å². The predicted octanol–water partition coefficient (Wildman–Crippen LogP) is 2.68. The molecule has 1 rings (SSSR count). The van der Waals surface area contributed by atoms with E-state index in [2.05, 4.69) is 20.4 Å². The highest BCUT2D eigenvalue weighted by Gasteiger charge is 2.12. The van der Waals surface area contributed by atoms with Gasteiger partial charge in [-0.1, -0.05) is 50.8 Å². The van der Waals surface area contributed by atoms with Crippen LogP contribution in [-0.4, -0.2) is 6.04 Å². The van der Waals surface area contributed by atoms with Crippen LogP contribution >= 0.6 is 0 Å². The average molecular weight is 175 g/mol. The van der Waals surface area contributed by atoms with Gasteiger partial charge in [-0.15, -0.1) is 0 Å². The first-order valence-electron chi connectivity index (χ1n) is 4.62. The molecule has 1 aromatic rings. The Labute approximate surface area is 80.3 Å². The zero-order valence-electron chi connectivity index (χ0n) is 8.33. The molecule has 0 spiro atoms. The molecular formula is C12H17N. The first-order chi connectivity index (χ1) is 6.13. The van der Waals surface area contributed by atoms with E-state index >= 15 is 0 Å². The van der Waals surface area contributed by atoms with Gasteiger partial charge in [0.2, 0.25) is 0 Å². The molecule has 1 heteroatoms. The zero-order valence-corrected chi connectivity index (χ0v) is 8.33. The highest BCUT2D eigenvalue weighted by Crippen LogP contribution is 2.18. The van der Waals surface area contributed by atoms with Crippen LogP contribution in [0.5, 0.6) is 0 Å². The molecule has 0 aliphatic heterocycles. The van der Waals surface area contributed by atoms with E-state index in [1.54, 1.807) is 0 Å². The lowest BCUT2D eigenvalue weighted by atomic mass is 9.93. The summed E-state index contributed by atoms with van der Waals surface area (Å²) in [7, 11) is 0. The minimum atomic E-state index is 0.0578. The molecule has 1 atom stereocenters. The van der Waals surface area contributed by atoms with Gasteiger partial charge in [0.1, 0.15) is 0 Å². The van der Waals surface area contributed by atoms with Gasteiger partial charge < -0.3 is 5.73 Å². The number of rotatable bonds is 3. The monoisotopic (exact) mass is 175 g/mol. The van der Waals surface area contributed by atoms with E-state index in [-0.39, 0.29) is 6.04 Å². The molecule has 0 aliphatic carbocycles. The molecule has 0 fully saturated rings. The largest absolute Gasteiger partial charge is 0.324 e. The molecule has 0 saturated heterocycles. The van der Waals surface area contributed by atoms with Crippen LogP contribution in [0.4, 0.5) is 0 Å². The lowest BCUT2D eigenvalue weighted by Crippen LogP contribution is -2.27. The van der Waals surface area contributed by atoms with E-state index < -0.39 is 0 Å². The van der Waals surface area contributed by atoms with Crippen molar-refractivity contribution in [3.63, 3.8) is 0 Å². The summed E-state index contributed by atoms with van der Waals surface area (Å²) in [6.07, 6.45) is 0. The smallest absolute Gasteiger partial charge is 0.0318 e. The zero-order chi connectivity index (χ0) is 9.84. The molecule has 1 aromatic carbocycles. The standard InChI is InChI=1S/C12H17N/c1-9(2)12(13)10(3)11-7-5-4-6-8-11/h4-9,12H,3,13H2,1-2H3/t12-/m1/s1. The van der Waals surface area contributed by atoms with Crippen LogP contribution in [-0.2, 0) is 0 Å². The van der Waals surface area contributed by atoms with E-state index in [0.717, 1.165) is 11.1 Å². The third-order valence-electron chi connectivity index (χ3n) is 2.27. The van der Waals surface area contributed by atoms with Crippen molar-refractivity contribution in [1.82, 2.24) is 0 Å². The van der Waals surface area contributed by atoms with Crippen LogP contribution in [0, 0.1) is 5.92 Å². The maximum Gasteiger partial charge on any atom is 0.0318 e. The quantitative estimate of drug-likeness (QED) is 0.751. The molecule has 0 radical (unpaired) electrons. The third kappa shape index (κ3) is 2.43. The van der Waals surface area contributed by atoms with E-state index in [0.29, 0.717) is 5.92 Å². The molecule has 0 unspecified atom stereocenters. The molecule has 0 amide bonds. The van der Waals surface area contributed by atoms with Crippen LogP contribution in [0.15, 0.2) is 36.9 Å². The van der Waals surface area contributed by atoms with Crippen LogP contribution in [0.3, 0.4) is 0 Å². The Balaban J connectivity index is 2.80. The maximum absolute atomic E-state index is 5.99. The van der Waals surface area contributed by atoms with Crippen molar-refractivity contribution in [2.45, 2.75) is 19.9 Å². The van der Waals surface area contributed by atoms with Gasteiger partial charge in [0, 0.05) is 6.04 Å². The third-order valence-corrected chi connectivity index (χ3v) is 2.27. The van der Waals surface area contributed by atoms with Crippen molar-refractivity contribution >= 4 is 5.57 Å². The SMILES string of the molecule is C=C(c1ccccc1)[C@H](N)C(C)C. The van der Waals surface area contributed by atoms with E-state index in [4.69, 9.17) is 5.73 Å². The summed E-state index contributed by atoms with van der Waals surface area (Å²) < 4.78 is 0. The molecule has 0 aliphatic rings. The number of nitrogens with two attached hydrogens (primary N) is 1. The van der Waals surface area contributed by atoms with Gasteiger partial charge in [0.05, 0.1) is 0 Å². The molecule has 1 nitrogen and oxygen atoms in total. The molecule has 2 N–H and O–H groups in total. The summed E-state index contributed by atoms with van der Waals surface area (Å²) in [4.78, 5) is 0. The highest BCUT2D eigenvalue weighted by atomic mass is 14.6. The van der Waals surface area contributed by atoms with Crippen molar-refractivity contribution in [3.05, 3.63) is 42.5 Å². The van der Waals surface area contributed by atoms with Crippen molar-refractivity contribution in [2.24, 2.45) is 11.7 Å². The van der Waals surface area contributed by atoms with Crippen LogP contribution in [0.2, 0.25) is 0 Å². The minimum Gasteiger partial charge on any atom is -0.324 e. The lowest BCUT2D eigenvalue weighted by Gasteiger charge is -2.18. The Kier molecular flexibility index (Phi) is 3.26. The van der Waals surface area contributed by atoms with E-state index in [9.17, 15) is 0 Å². The first-order valence-corrected chi connectivity index (χ1v) is 4.62. The second-order valence-corrected chi connectivity index (χ2v) is 3.66. The summed E-state index contributed by atoms with van der Waals surface area (Å²) in [5.74, 6) is 0.438. The number of hydrogen-bond donors (Lipinski definition) is 1. The fourth-order valence-corrected chi connectivity index (χ4v) is 1.25. The topological polar surface area (TPSA) is 26.0 Å². The second-order valence-electron chi connectivity index (χ2n) is 3.66. The summed E-state index contributed by atoms with van der Waals surface area (Å²) in [6, 6.07) is 10.2. The molecule has 0 saturated carbocycles. The molecule has 13 heavy (non-hydrogen) atoms. The maximum atomic E-state index is 5.99. The van der Waals surface area contributed by atoms with Gasteiger partial charge in [-0.2, -0.15) is 0 Å². The molecule has 0 bridgehead atoms. The number of hydrogen-bond acceptors (Lipinski definition) is 1. The Morgan fingerprint density at radius 1 is 1.23 bits per heavy atom. The Morgan fingerprint density at radius 2 is 1.77 bits per heavy atom. The normalized spacial score (nSPS) is 12.9. The van der Waals surface area contributed by atoms with Gasteiger partial charge in [0.25, 0.3) is 0 Å². The Bertz CT molecular complexity index is 274. The van der Waals surface area contributed by atoms with Crippen molar-refractivity contribution < 1.29 is 0 Å². The Hall–Kier alpha value is -1.08. The fraction of sp³-hybridized carbons (Fsp3) is 0.333. The lowest BCUT2D eigenvalue weighted by molar-refractivity contribution is 0.583. The van der Waals surface area contributed by atoms with Gasteiger partial charge in [-0.25, -0.2) is 0 Å². The van der Waals surface area contributed by atoms with Crippen molar-refractivity contribution in [1.29, 1.82) is 0 Å². The van der Waals surface area contributed by atoms with Gasteiger partial charge >= 0.3 is 0 Å². The second kappa shape index (κ2) is 4.24. The van der Waals surface area contributed by atoms with Crippen LogP contribution in [0.1, 0.15) is 19.4 Å². The molecular weight excluding hydrogens is 158 g/mol. The fourth-order valence-electron chi connectivity index (χ4n) is 1.25. The Morgan fingerprint density at radius 3 is 2.23 bits per heavy atom. The summed E-state index contributed by atoms with van der Waals surface area (Å²) in [5, 5.41) is 0. The highest BCUT2D eigenvalue weighted by molar-refractivity contribution is 5.67. The van der Waals surface area contributed by atoms with Crippen LogP contribution < -0.4 is 5.73 Å². The van der Waals surface area contributed by atoms with Crippen molar-refractivity contribution in [2.75, 3.05) is 0 Å². The number of benzene rings is 1. The first kappa shape index (κ1) is 10.0. The average Bonchev–Trinajstić information content (AvgIpc) is 2.17.